The fourth-order valence-electron chi connectivity index (χ4n) is 0.702. The summed E-state index contributed by atoms with van der Waals surface area (Å²) in [5.74, 6) is 0.0324. The van der Waals surface area contributed by atoms with Gasteiger partial charge in [0, 0.05) is 12.5 Å². The molecule has 2 heteroatoms. The molecule has 0 spiro atoms. The number of rotatable bonds is 4. The molecule has 0 saturated heterocycles. The SMILES string of the molecule is CCC[C@@H](O)[C@H](C)CO. The Kier molecular flexibility index (Phi) is 4.72. The highest BCUT2D eigenvalue weighted by atomic mass is 16.3. The van der Waals surface area contributed by atoms with E-state index in [1.165, 1.54) is 0 Å². The number of aliphatic hydroxyl groups excluding tert-OH is 2. The molecule has 0 heterocycles. The van der Waals surface area contributed by atoms with Gasteiger partial charge >= 0.3 is 0 Å². The van der Waals surface area contributed by atoms with Gasteiger partial charge in [-0.25, -0.2) is 0 Å². The van der Waals surface area contributed by atoms with Gasteiger partial charge < -0.3 is 10.2 Å². The van der Waals surface area contributed by atoms with E-state index >= 15 is 0 Å². The van der Waals surface area contributed by atoms with Gasteiger partial charge in [0.15, 0.2) is 0 Å². The van der Waals surface area contributed by atoms with Crippen LogP contribution in [-0.4, -0.2) is 22.9 Å². The molecule has 2 N–H and O–H groups in total. The van der Waals surface area contributed by atoms with Crippen molar-refractivity contribution >= 4 is 0 Å². The molecule has 0 amide bonds. The van der Waals surface area contributed by atoms with Gasteiger partial charge in [0.25, 0.3) is 0 Å². The van der Waals surface area contributed by atoms with E-state index in [1.807, 2.05) is 13.8 Å². The Hall–Kier alpha value is -0.0800. The van der Waals surface area contributed by atoms with Crippen LogP contribution in [0.1, 0.15) is 26.7 Å². The number of hydrogen-bond acceptors (Lipinski definition) is 2. The molecule has 0 fully saturated rings. The minimum absolute atomic E-state index is 0.0324. The van der Waals surface area contributed by atoms with Crippen LogP contribution in [0.25, 0.3) is 0 Å². The zero-order chi connectivity index (χ0) is 7.28. The third kappa shape index (κ3) is 3.49. The molecule has 0 bridgehead atoms. The molecule has 0 rings (SSSR count). The Bertz CT molecular complexity index is 63.9. The first-order valence-electron chi connectivity index (χ1n) is 3.51. The Balaban J connectivity index is 3.32. The highest BCUT2D eigenvalue weighted by Gasteiger charge is 2.10. The summed E-state index contributed by atoms with van der Waals surface area (Å²) in [5, 5.41) is 17.7. The fraction of sp³-hybridized carbons (Fsp3) is 1.00. The molecule has 0 aromatic rings. The van der Waals surface area contributed by atoms with E-state index in [1.54, 1.807) is 0 Å². The molecule has 0 aliphatic carbocycles. The summed E-state index contributed by atoms with van der Waals surface area (Å²) >= 11 is 0. The van der Waals surface area contributed by atoms with Crippen molar-refractivity contribution in [3.63, 3.8) is 0 Å². The molecule has 9 heavy (non-hydrogen) atoms. The zero-order valence-electron chi connectivity index (χ0n) is 6.17. The predicted molar refractivity (Wildman–Crippen MR) is 37.2 cm³/mol. The van der Waals surface area contributed by atoms with Crippen molar-refractivity contribution in [3.8, 4) is 0 Å². The maximum Gasteiger partial charge on any atom is 0.0587 e. The zero-order valence-corrected chi connectivity index (χ0v) is 6.17. The molecule has 2 nitrogen and oxygen atoms in total. The molecule has 0 unspecified atom stereocenters. The van der Waals surface area contributed by atoms with Crippen molar-refractivity contribution in [2.24, 2.45) is 5.92 Å². The van der Waals surface area contributed by atoms with Crippen LogP contribution in [0.2, 0.25) is 0 Å². The van der Waals surface area contributed by atoms with Gasteiger partial charge in [0.2, 0.25) is 0 Å². The molecular weight excluding hydrogens is 116 g/mol. The topological polar surface area (TPSA) is 40.5 Å². The highest BCUT2D eigenvalue weighted by Crippen LogP contribution is 2.06. The van der Waals surface area contributed by atoms with E-state index in [2.05, 4.69) is 0 Å². The second kappa shape index (κ2) is 4.77. The minimum atomic E-state index is -0.319. The molecule has 0 radical (unpaired) electrons. The summed E-state index contributed by atoms with van der Waals surface area (Å²) in [6.45, 7) is 3.95. The summed E-state index contributed by atoms with van der Waals surface area (Å²) in [6.07, 6.45) is 1.45. The molecule has 0 aliphatic rings. The third-order valence-corrected chi connectivity index (χ3v) is 1.53. The maximum absolute atomic E-state index is 9.16. The predicted octanol–water partition coefficient (Wildman–Crippen LogP) is 0.776. The van der Waals surface area contributed by atoms with Crippen molar-refractivity contribution < 1.29 is 10.2 Å². The van der Waals surface area contributed by atoms with Gasteiger partial charge in [-0.1, -0.05) is 20.3 Å². The lowest BCUT2D eigenvalue weighted by Gasteiger charge is -2.14. The van der Waals surface area contributed by atoms with Crippen LogP contribution in [0.15, 0.2) is 0 Å². The van der Waals surface area contributed by atoms with Gasteiger partial charge in [0.1, 0.15) is 0 Å². The molecular formula is C7H16O2. The van der Waals surface area contributed by atoms with Crippen LogP contribution in [0.4, 0.5) is 0 Å². The van der Waals surface area contributed by atoms with Gasteiger partial charge in [-0.3, -0.25) is 0 Å². The van der Waals surface area contributed by atoms with E-state index < -0.39 is 0 Å². The third-order valence-electron chi connectivity index (χ3n) is 1.53. The summed E-state index contributed by atoms with van der Waals surface area (Å²) in [5.41, 5.74) is 0. The lowest BCUT2D eigenvalue weighted by Crippen LogP contribution is -2.20. The smallest absolute Gasteiger partial charge is 0.0587 e. The van der Waals surface area contributed by atoms with Gasteiger partial charge in [-0.15, -0.1) is 0 Å². The fourth-order valence-corrected chi connectivity index (χ4v) is 0.702. The average molecular weight is 132 g/mol. The van der Waals surface area contributed by atoms with Crippen molar-refractivity contribution in [1.29, 1.82) is 0 Å². The number of aliphatic hydroxyl groups is 2. The Labute approximate surface area is 56.5 Å². The van der Waals surface area contributed by atoms with Gasteiger partial charge in [-0.05, 0) is 6.42 Å². The maximum atomic E-state index is 9.16. The van der Waals surface area contributed by atoms with Gasteiger partial charge in [-0.2, -0.15) is 0 Å². The lowest BCUT2D eigenvalue weighted by atomic mass is 10.0. The van der Waals surface area contributed by atoms with E-state index in [-0.39, 0.29) is 18.6 Å². The second-order valence-corrected chi connectivity index (χ2v) is 2.52. The summed E-state index contributed by atoms with van der Waals surface area (Å²) in [7, 11) is 0. The highest BCUT2D eigenvalue weighted by molar-refractivity contribution is 4.61. The van der Waals surface area contributed by atoms with E-state index in [0.29, 0.717) is 0 Å². The van der Waals surface area contributed by atoms with Crippen molar-refractivity contribution in [3.05, 3.63) is 0 Å². The minimum Gasteiger partial charge on any atom is -0.396 e. The van der Waals surface area contributed by atoms with Crippen LogP contribution in [0.3, 0.4) is 0 Å². The first-order chi connectivity index (χ1) is 4.22. The monoisotopic (exact) mass is 132 g/mol. The van der Waals surface area contributed by atoms with E-state index in [9.17, 15) is 0 Å². The first kappa shape index (κ1) is 8.92. The van der Waals surface area contributed by atoms with Crippen LogP contribution >= 0.6 is 0 Å². The summed E-state index contributed by atoms with van der Waals surface area (Å²) in [6, 6.07) is 0. The van der Waals surface area contributed by atoms with E-state index in [4.69, 9.17) is 10.2 Å². The molecule has 0 saturated carbocycles. The molecule has 56 valence electrons. The normalized spacial score (nSPS) is 17.3. The van der Waals surface area contributed by atoms with E-state index in [0.717, 1.165) is 12.8 Å². The molecule has 0 aromatic heterocycles. The van der Waals surface area contributed by atoms with Crippen molar-refractivity contribution in [2.45, 2.75) is 32.8 Å². The lowest BCUT2D eigenvalue weighted by molar-refractivity contribution is 0.0701. The van der Waals surface area contributed by atoms with Gasteiger partial charge in [0.05, 0.1) is 6.10 Å². The van der Waals surface area contributed by atoms with Crippen LogP contribution < -0.4 is 0 Å². The average Bonchev–Trinajstić information content (AvgIpc) is 1.87. The first-order valence-corrected chi connectivity index (χ1v) is 3.51. The van der Waals surface area contributed by atoms with Crippen molar-refractivity contribution in [1.82, 2.24) is 0 Å². The summed E-state index contributed by atoms with van der Waals surface area (Å²) in [4.78, 5) is 0. The largest absolute Gasteiger partial charge is 0.396 e. The Morgan fingerprint density at radius 2 is 2.00 bits per heavy atom. The van der Waals surface area contributed by atoms with Crippen LogP contribution in [0.5, 0.6) is 0 Å². The molecule has 0 aliphatic heterocycles. The number of hydrogen-bond donors (Lipinski definition) is 2. The van der Waals surface area contributed by atoms with Crippen LogP contribution in [0, 0.1) is 5.92 Å². The van der Waals surface area contributed by atoms with Crippen molar-refractivity contribution in [2.75, 3.05) is 6.61 Å². The molecule has 0 aromatic carbocycles. The standard InChI is InChI=1S/C7H16O2/c1-3-4-7(9)6(2)5-8/h6-9H,3-5H2,1-2H3/t6-,7-/m1/s1. The Morgan fingerprint density at radius 3 is 2.33 bits per heavy atom. The van der Waals surface area contributed by atoms with Crippen LogP contribution in [-0.2, 0) is 0 Å². The summed E-state index contributed by atoms with van der Waals surface area (Å²) < 4.78 is 0. The Morgan fingerprint density at radius 1 is 1.44 bits per heavy atom. The quantitative estimate of drug-likeness (QED) is 0.593. The second-order valence-electron chi connectivity index (χ2n) is 2.52. The molecule has 2 atom stereocenters.